The van der Waals surface area contributed by atoms with Gasteiger partial charge in [0.05, 0.1) is 11.3 Å². The van der Waals surface area contributed by atoms with Gasteiger partial charge in [0.15, 0.2) is 0 Å². The van der Waals surface area contributed by atoms with E-state index < -0.39 is 5.97 Å². The van der Waals surface area contributed by atoms with Crippen LogP contribution in [0.3, 0.4) is 0 Å². The van der Waals surface area contributed by atoms with Crippen LogP contribution in [0.15, 0.2) is 53.0 Å². The number of carboxylic acid groups (broad SMARTS) is 1. The number of carbonyl (C=O) groups is 1. The van der Waals surface area contributed by atoms with Crippen LogP contribution in [-0.4, -0.2) is 17.1 Å². The minimum atomic E-state index is -0.906. The molecule has 0 aromatic heterocycles. The highest BCUT2D eigenvalue weighted by atomic mass is 79.9. The van der Waals surface area contributed by atoms with Gasteiger partial charge in [-0.2, -0.15) is 0 Å². The highest BCUT2D eigenvalue weighted by molar-refractivity contribution is 9.10. The number of hydrogen-bond acceptors (Lipinski definition) is 2. The number of benzene rings is 2. The summed E-state index contributed by atoms with van der Waals surface area (Å²) >= 11 is 3.43. The molecule has 0 saturated carbocycles. The summed E-state index contributed by atoms with van der Waals surface area (Å²) in [5.41, 5.74) is 2.21. The highest BCUT2D eigenvalue weighted by Crippen LogP contribution is 2.28. The molecule has 4 heteroatoms. The number of anilines is 1. The second-order valence-electron chi connectivity index (χ2n) is 5.17. The van der Waals surface area contributed by atoms with E-state index in [0.29, 0.717) is 12.1 Å². The van der Waals surface area contributed by atoms with Gasteiger partial charge in [-0.25, -0.2) is 4.79 Å². The lowest BCUT2D eigenvalue weighted by Gasteiger charge is -2.30. The molecule has 3 nitrogen and oxygen atoms in total. The number of hydrogen-bond donors (Lipinski definition) is 1. The maximum absolute atomic E-state index is 11.5. The van der Waals surface area contributed by atoms with Crippen molar-refractivity contribution in [3.8, 4) is 0 Å². The van der Waals surface area contributed by atoms with Crippen molar-refractivity contribution in [2.75, 3.05) is 4.90 Å². The van der Waals surface area contributed by atoms with Crippen LogP contribution in [0.1, 0.15) is 29.8 Å². The molecular weight excluding hydrogens is 330 g/mol. The first-order valence-corrected chi connectivity index (χ1v) is 7.61. The van der Waals surface area contributed by atoms with E-state index in [4.69, 9.17) is 0 Å². The minimum Gasteiger partial charge on any atom is -0.478 e. The Kier molecular flexibility index (Phi) is 5.02. The summed E-state index contributed by atoms with van der Waals surface area (Å²) in [6, 6.07) is 15.5. The smallest absolute Gasteiger partial charge is 0.337 e. The van der Waals surface area contributed by atoms with Gasteiger partial charge < -0.3 is 10.0 Å². The van der Waals surface area contributed by atoms with Crippen molar-refractivity contribution in [1.82, 2.24) is 0 Å². The number of halogens is 1. The maximum Gasteiger partial charge on any atom is 0.337 e. The first-order chi connectivity index (χ1) is 9.99. The van der Waals surface area contributed by atoms with Crippen molar-refractivity contribution in [1.29, 1.82) is 0 Å². The maximum atomic E-state index is 11.5. The van der Waals surface area contributed by atoms with E-state index in [9.17, 15) is 9.90 Å². The molecule has 21 heavy (non-hydrogen) atoms. The zero-order valence-corrected chi connectivity index (χ0v) is 13.7. The van der Waals surface area contributed by atoms with Crippen LogP contribution < -0.4 is 4.90 Å². The average Bonchev–Trinajstić information content (AvgIpc) is 2.45. The summed E-state index contributed by atoms with van der Waals surface area (Å²) < 4.78 is 0.876. The predicted octanol–water partition coefficient (Wildman–Crippen LogP) is 4.56. The van der Waals surface area contributed by atoms with Crippen LogP contribution in [0.25, 0.3) is 0 Å². The third kappa shape index (κ3) is 3.85. The van der Waals surface area contributed by atoms with E-state index in [2.05, 4.69) is 34.7 Å². The molecule has 110 valence electrons. The van der Waals surface area contributed by atoms with Crippen LogP contribution in [-0.2, 0) is 6.54 Å². The Bertz CT molecular complexity index is 626. The average molecular weight is 348 g/mol. The van der Waals surface area contributed by atoms with Gasteiger partial charge in [-0.3, -0.25) is 0 Å². The normalized spacial score (nSPS) is 10.7. The van der Waals surface area contributed by atoms with Gasteiger partial charge in [0, 0.05) is 17.1 Å². The lowest BCUT2D eigenvalue weighted by Crippen LogP contribution is -2.31. The molecule has 0 heterocycles. The molecule has 0 amide bonds. The van der Waals surface area contributed by atoms with E-state index in [1.165, 1.54) is 0 Å². The van der Waals surface area contributed by atoms with Crippen molar-refractivity contribution >= 4 is 27.6 Å². The molecule has 0 spiro atoms. The Hall–Kier alpha value is -1.81. The molecule has 0 saturated heterocycles. The van der Waals surface area contributed by atoms with E-state index in [0.717, 1.165) is 15.7 Å². The van der Waals surface area contributed by atoms with Crippen LogP contribution >= 0.6 is 15.9 Å². The monoisotopic (exact) mass is 347 g/mol. The van der Waals surface area contributed by atoms with Gasteiger partial charge in [0.25, 0.3) is 0 Å². The Balaban J connectivity index is 2.43. The highest BCUT2D eigenvalue weighted by Gasteiger charge is 2.19. The van der Waals surface area contributed by atoms with Gasteiger partial charge in [-0.15, -0.1) is 0 Å². The fourth-order valence-electron chi connectivity index (χ4n) is 2.25. The Morgan fingerprint density at radius 3 is 2.43 bits per heavy atom. The van der Waals surface area contributed by atoms with Crippen LogP contribution in [0, 0.1) is 0 Å². The Labute approximate surface area is 133 Å². The summed E-state index contributed by atoms with van der Waals surface area (Å²) in [5.74, 6) is -0.906. The van der Waals surface area contributed by atoms with Crippen LogP contribution in [0.4, 0.5) is 5.69 Å². The quantitative estimate of drug-likeness (QED) is 0.861. The molecule has 2 aromatic carbocycles. The molecule has 0 unspecified atom stereocenters. The molecule has 0 radical (unpaired) electrons. The van der Waals surface area contributed by atoms with Gasteiger partial charge in [0.1, 0.15) is 0 Å². The lowest BCUT2D eigenvalue weighted by molar-refractivity contribution is 0.0697. The second kappa shape index (κ2) is 6.76. The molecule has 2 rings (SSSR count). The SMILES string of the molecule is CC(C)N(Cc1ccccc1)c1cc(Br)ccc1C(=O)O. The summed E-state index contributed by atoms with van der Waals surface area (Å²) in [4.78, 5) is 13.6. The molecule has 0 aliphatic rings. The minimum absolute atomic E-state index is 0.192. The van der Waals surface area contributed by atoms with Gasteiger partial charge in [0.2, 0.25) is 0 Å². The summed E-state index contributed by atoms with van der Waals surface area (Å²) in [5, 5.41) is 9.41. The van der Waals surface area contributed by atoms with Crippen LogP contribution in [0.2, 0.25) is 0 Å². The van der Waals surface area contributed by atoms with Crippen molar-refractivity contribution in [3.05, 3.63) is 64.1 Å². The number of aromatic carboxylic acids is 1. The second-order valence-corrected chi connectivity index (χ2v) is 6.09. The largest absolute Gasteiger partial charge is 0.478 e. The molecule has 0 bridgehead atoms. The summed E-state index contributed by atoms with van der Waals surface area (Å²) in [7, 11) is 0. The molecule has 1 N–H and O–H groups in total. The molecular formula is C17H18BrNO2. The standard InChI is InChI=1S/C17H18BrNO2/c1-12(2)19(11-13-6-4-3-5-7-13)16-10-14(18)8-9-15(16)17(20)21/h3-10,12H,11H2,1-2H3,(H,20,21). The van der Waals surface area contributed by atoms with Crippen molar-refractivity contribution < 1.29 is 9.90 Å². The predicted molar refractivity (Wildman–Crippen MR) is 88.9 cm³/mol. The van der Waals surface area contributed by atoms with E-state index in [1.807, 2.05) is 36.4 Å². The molecule has 2 aromatic rings. The zero-order chi connectivity index (χ0) is 15.4. The van der Waals surface area contributed by atoms with Crippen molar-refractivity contribution in [3.63, 3.8) is 0 Å². The van der Waals surface area contributed by atoms with Gasteiger partial charge in [-0.1, -0.05) is 46.3 Å². The Morgan fingerprint density at radius 2 is 1.86 bits per heavy atom. The summed E-state index contributed by atoms with van der Waals surface area (Å²) in [6.45, 7) is 4.81. The topological polar surface area (TPSA) is 40.5 Å². The fraction of sp³-hybridized carbons (Fsp3) is 0.235. The van der Waals surface area contributed by atoms with E-state index in [1.54, 1.807) is 12.1 Å². The number of carboxylic acids is 1. The zero-order valence-electron chi connectivity index (χ0n) is 12.1. The number of rotatable bonds is 5. The Morgan fingerprint density at radius 1 is 1.19 bits per heavy atom. The first-order valence-electron chi connectivity index (χ1n) is 6.82. The fourth-order valence-corrected chi connectivity index (χ4v) is 2.60. The number of nitrogens with zero attached hydrogens (tertiary/aromatic N) is 1. The van der Waals surface area contributed by atoms with Crippen LogP contribution in [0.5, 0.6) is 0 Å². The molecule has 0 atom stereocenters. The summed E-state index contributed by atoms with van der Waals surface area (Å²) in [6.07, 6.45) is 0. The van der Waals surface area contributed by atoms with E-state index in [-0.39, 0.29) is 6.04 Å². The van der Waals surface area contributed by atoms with Crippen molar-refractivity contribution in [2.45, 2.75) is 26.4 Å². The molecule has 0 aliphatic heterocycles. The molecule has 0 aliphatic carbocycles. The third-order valence-corrected chi connectivity index (χ3v) is 3.81. The third-order valence-electron chi connectivity index (χ3n) is 3.32. The van der Waals surface area contributed by atoms with Gasteiger partial charge >= 0.3 is 5.97 Å². The van der Waals surface area contributed by atoms with E-state index >= 15 is 0 Å². The first kappa shape index (κ1) is 15.6. The molecule has 0 fully saturated rings. The lowest BCUT2D eigenvalue weighted by atomic mass is 10.1. The van der Waals surface area contributed by atoms with Crippen molar-refractivity contribution in [2.24, 2.45) is 0 Å². The van der Waals surface area contributed by atoms with Gasteiger partial charge in [-0.05, 0) is 37.6 Å².